The molecule has 0 amide bonds. The number of methoxy groups -OCH3 is 1. The van der Waals surface area contributed by atoms with Gasteiger partial charge in [-0.1, -0.05) is 42.5 Å². The standard InChI is InChI=1S/C20H20N2O2/c1-15-14-22(23)18(13-12-16-8-4-3-5-9-16)20(21-15)17-10-6-7-11-19(17)24-2/h3-11,14H,12-13H2,1-2H3. The topological polar surface area (TPSA) is 49.1 Å². The highest BCUT2D eigenvalue weighted by Gasteiger charge is 2.20. The maximum absolute atomic E-state index is 12.5. The van der Waals surface area contributed by atoms with Gasteiger partial charge in [0.1, 0.15) is 17.1 Å². The lowest BCUT2D eigenvalue weighted by Gasteiger charge is -2.13. The average Bonchev–Trinajstić information content (AvgIpc) is 2.61. The van der Waals surface area contributed by atoms with Gasteiger partial charge in [0.05, 0.1) is 7.11 Å². The molecule has 0 radical (unpaired) electrons. The third kappa shape index (κ3) is 3.38. The Labute approximate surface area is 142 Å². The first kappa shape index (κ1) is 16.0. The van der Waals surface area contributed by atoms with E-state index in [1.807, 2.05) is 49.4 Å². The van der Waals surface area contributed by atoms with E-state index >= 15 is 0 Å². The third-order valence-corrected chi connectivity index (χ3v) is 3.99. The van der Waals surface area contributed by atoms with E-state index in [2.05, 4.69) is 17.1 Å². The third-order valence-electron chi connectivity index (χ3n) is 3.99. The monoisotopic (exact) mass is 320 g/mol. The summed E-state index contributed by atoms with van der Waals surface area (Å²) in [4.78, 5) is 4.62. The highest BCUT2D eigenvalue weighted by molar-refractivity contribution is 5.68. The Bertz CT molecular complexity index is 832. The van der Waals surface area contributed by atoms with Gasteiger partial charge in [-0.3, -0.25) is 0 Å². The van der Waals surface area contributed by atoms with Crippen molar-refractivity contribution in [1.29, 1.82) is 0 Å². The highest BCUT2D eigenvalue weighted by Crippen LogP contribution is 2.30. The van der Waals surface area contributed by atoms with Crippen molar-refractivity contribution in [2.24, 2.45) is 0 Å². The van der Waals surface area contributed by atoms with Gasteiger partial charge < -0.3 is 9.94 Å². The second kappa shape index (κ2) is 7.13. The van der Waals surface area contributed by atoms with E-state index in [4.69, 9.17) is 4.74 Å². The Morgan fingerprint density at radius 3 is 2.46 bits per heavy atom. The molecule has 0 atom stereocenters. The summed E-state index contributed by atoms with van der Waals surface area (Å²) < 4.78 is 6.38. The van der Waals surface area contributed by atoms with Gasteiger partial charge in [-0.2, -0.15) is 4.73 Å². The van der Waals surface area contributed by atoms with E-state index in [0.717, 1.165) is 22.5 Å². The molecule has 4 heteroatoms. The molecule has 0 saturated carbocycles. The van der Waals surface area contributed by atoms with Gasteiger partial charge in [0.25, 0.3) is 0 Å². The lowest BCUT2D eigenvalue weighted by Crippen LogP contribution is -2.34. The zero-order valence-corrected chi connectivity index (χ0v) is 13.9. The van der Waals surface area contributed by atoms with Crippen LogP contribution in [0.4, 0.5) is 0 Å². The van der Waals surface area contributed by atoms with Crippen molar-refractivity contribution < 1.29 is 9.47 Å². The first-order valence-electron chi connectivity index (χ1n) is 7.96. The smallest absolute Gasteiger partial charge is 0.219 e. The van der Waals surface area contributed by atoms with E-state index < -0.39 is 0 Å². The van der Waals surface area contributed by atoms with Gasteiger partial charge in [0.15, 0.2) is 0 Å². The lowest BCUT2D eigenvalue weighted by molar-refractivity contribution is -0.614. The van der Waals surface area contributed by atoms with Gasteiger partial charge >= 0.3 is 0 Å². The summed E-state index contributed by atoms with van der Waals surface area (Å²) in [5.41, 5.74) is 4.09. The fourth-order valence-corrected chi connectivity index (χ4v) is 2.81. The largest absolute Gasteiger partial charge is 0.618 e. The normalized spacial score (nSPS) is 10.6. The summed E-state index contributed by atoms with van der Waals surface area (Å²) in [7, 11) is 1.63. The molecule has 0 saturated heterocycles. The van der Waals surface area contributed by atoms with E-state index in [0.29, 0.717) is 23.5 Å². The Hall–Kier alpha value is -2.88. The summed E-state index contributed by atoms with van der Waals surface area (Å²) in [6.07, 6.45) is 2.93. The number of benzene rings is 2. The number of aryl methyl sites for hydroxylation is 2. The fourth-order valence-electron chi connectivity index (χ4n) is 2.81. The van der Waals surface area contributed by atoms with Crippen molar-refractivity contribution >= 4 is 0 Å². The quantitative estimate of drug-likeness (QED) is 0.534. The zero-order chi connectivity index (χ0) is 16.9. The first-order valence-corrected chi connectivity index (χ1v) is 7.96. The van der Waals surface area contributed by atoms with Crippen LogP contribution in [0.1, 0.15) is 17.0 Å². The molecular formula is C20H20N2O2. The second-order valence-corrected chi connectivity index (χ2v) is 5.69. The maximum atomic E-state index is 12.5. The van der Waals surface area contributed by atoms with Crippen LogP contribution in [0.15, 0.2) is 60.8 Å². The molecule has 2 aromatic carbocycles. The van der Waals surface area contributed by atoms with Crippen LogP contribution in [0, 0.1) is 12.1 Å². The van der Waals surface area contributed by atoms with Crippen LogP contribution in [0.2, 0.25) is 0 Å². The number of para-hydroxylation sites is 1. The van der Waals surface area contributed by atoms with E-state index in [1.165, 1.54) is 11.8 Å². The van der Waals surface area contributed by atoms with Crippen LogP contribution >= 0.6 is 0 Å². The van der Waals surface area contributed by atoms with Crippen LogP contribution in [0.25, 0.3) is 11.3 Å². The minimum absolute atomic E-state index is 0.619. The molecule has 0 spiro atoms. The molecule has 0 fully saturated rings. The molecule has 0 N–H and O–H groups in total. The van der Waals surface area contributed by atoms with Crippen molar-refractivity contribution in [3.63, 3.8) is 0 Å². The second-order valence-electron chi connectivity index (χ2n) is 5.69. The minimum Gasteiger partial charge on any atom is -0.618 e. The Balaban J connectivity index is 2.02. The van der Waals surface area contributed by atoms with Crippen molar-refractivity contribution in [1.82, 2.24) is 4.98 Å². The SMILES string of the molecule is COc1ccccc1-c1nc(C)c[n+]([O-])c1CCc1ccccc1. The predicted octanol–water partition coefficient (Wildman–Crippen LogP) is 3.48. The van der Waals surface area contributed by atoms with Gasteiger partial charge in [0.2, 0.25) is 11.9 Å². The highest BCUT2D eigenvalue weighted by atomic mass is 16.5. The summed E-state index contributed by atoms with van der Waals surface area (Å²) in [6.45, 7) is 1.83. The van der Waals surface area contributed by atoms with Gasteiger partial charge in [0, 0.05) is 12.0 Å². The molecule has 4 nitrogen and oxygen atoms in total. The number of rotatable bonds is 5. The van der Waals surface area contributed by atoms with Crippen molar-refractivity contribution in [3.8, 4) is 17.0 Å². The maximum Gasteiger partial charge on any atom is 0.219 e. The predicted molar refractivity (Wildman–Crippen MR) is 93.8 cm³/mol. The van der Waals surface area contributed by atoms with Crippen molar-refractivity contribution in [2.75, 3.05) is 7.11 Å². The minimum atomic E-state index is 0.619. The van der Waals surface area contributed by atoms with Crippen LogP contribution in [-0.2, 0) is 12.8 Å². The molecule has 0 aliphatic rings. The molecule has 0 unspecified atom stereocenters. The molecule has 0 bridgehead atoms. The lowest BCUT2D eigenvalue weighted by atomic mass is 10.0. The van der Waals surface area contributed by atoms with Crippen molar-refractivity contribution in [2.45, 2.75) is 19.8 Å². The van der Waals surface area contributed by atoms with Gasteiger partial charge in [-0.05, 0) is 31.0 Å². The number of ether oxygens (including phenoxy) is 1. The molecule has 1 aromatic heterocycles. The first-order chi connectivity index (χ1) is 11.7. The Kier molecular flexibility index (Phi) is 4.75. The Morgan fingerprint density at radius 2 is 1.71 bits per heavy atom. The number of nitrogens with zero attached hydrogens (tertiary/aromatic N) is 2. The number of hydrogen-bond donors (Lipinski definition) is 0. The van der Waals surface area contributed by atoms with E-state index in [-0.39, 0.29) is 0 Å². The van der Waals surface area contributed by atoms with Crippen LogP contribution in [0.5, 0.6) is 5.75 Å². The summed E-state index contributed by atoms with van der Waals surface area (Å²) >= 11 is 0. The summed E-state index contributed by atoms with van der Waals surface area (Å²) in [5.74, 6) is 0.719. The van der Waals surface area contributed by atoms with E-state index in [9.17, 15) is 5.21 Å². The molecule has 0 aliphatic carbocycles. The van der Waals surface area contributed by atoms with Gasteiger partial charge in [-0.15, -0.1) is 0 Å². The molecule has 3 aromatic rings. The number of hydrogen-bond acceptors (Lipinski definition) is 3. The summed E-state index contributed by atoms with van der Waals surface area (Å²) in [6, 6.07) is 17.8. The van der Waals surface area contributed by atoms with Gasteiger partial charge in [-0.25, -0.2) is 4.98 Å². The summed E-state index contributed by atoms with van der Waals surface area (Å²) in [5, 5.41) is 12.5. The molecule has 1 heterocycles. The molecular weight excluding hydrogens is 300 g/mol. The van der Waals surface area contributed by atoms with Crippen LogP contribution in [-0.4, -0.2) is 12.1 Å². The average molecular weight is 320 g/mol. The van der Waals surface area contributed by atoms with Crippen molar-refractivity contribution in [3.05, 3.63) is 83.0 Å². The van der Waals surface area contributed by atoms with E-state index in [1.54, 1.807) is 7.11 Å². The van der Waals surface area contributed by atoms with Crippen LogP contribution in [0.3, 0.4) is 0 Å². The molecule has 24 heavy (non-hydrogen) atoms. The Morgan fingerprint density at radius 1 is 1.00 bits per heavy atom. The molecule has 3 rings (SSSR count). The number of aromatic nitrogens is 2. The van der Waals surface area contributed by atoms with Crippen LogP contribution < -0.4 is 9.47 Å². The molecule has 0 aliphatic heterocycles. The zero-order valence-electron chi connectivity index (χ0n) is 13.9. The fraction of sp³-hybridized carbons (Fsp3) is 0.200. The molecule has 122 valence electrons.